The van der Waals surface area contributed by atoms with Crippen LogP contribution in [-0.2, 0) is 34.1 Å². The largest absolute Gasteiger partial charge is 0.516 e. The molecule has 4 rings (SSSR count). The molecule has 184 valence electrons. The molecular formula is C24H27F3N2O4S. The minimum absolute atomic E-state index is 0.0228. The third-order valence-electron chi connectivity index (χ3n) is 6.66. The van der Waals surface area contributed by atoms with Crippen molar-refractivity contribution in [2.45, 2.75) is 43.5 Å². The van der Waals surface area contributed by atoms with Crippen molar-refractivity contribution in [3.63, 3.8) is 0 Å². The summed E-state index contributed by atoms with van der Waals surface area (Å²) in [5, 5.41) is 0. The SMILES string of the molecule is COc1cccc2c1CCC[C@H]2CN(C)C(=O)Cc1ccc2c(c1)CCN2S(=O)(=O)C(F)(F)F. The van der Waals surface area contributed by atoms with Crippen molar-refractivity contribution in [3.05, 3.63) is 58.7 Å². The van der Waals surface area contributed by atoms with E-state index in [4.69, 9.17) is 4.74 Å². The molecule has 1 heterocycles. The summed E-state index contributed by atoms with van der Waals surface area (Å²) >= 11 is 0. The number of ether oxygens (including phenoxy) is 1. The van der Waals surface area contributed by atoms with Crippen LogP contribution in [0.2, 0.25) is 0 Å². The van der Waals surface area contributed by atoms with Gasteiger partial charge in [0.1, 0.15) is 5.75 Å². The van der Waals surface area contributed by atoms with Crippen molar-refractivity contribution in [1.82, 2.24) is 4.90 Å². The van der Waals surface area contributed by atoms with E-state index in [-0.39, 0.29) is 36.9 Å². The summed E-state index contributed by atoms with van der Waals surface area (Å²) in [4.78, 5) is 14.6. The summed E-state index contributed by atoms with van der Waals surface area (Å²) in [5.41, 5.74) is -1.79. The van der Waals surface area contributed by atoms with Crippen molar-refractivity contribution >= 4 is 21.6 Å². The first-order valence-electron chi connectivity index (χ1n) is 11.1. The molecule has 6 nitrogen and oxygen atoms in total. The van der Waals surface area contributed by atoms with Crippen molar-refractivity contribution in [3.8, 4) is 5.75 Å². The topological polar surface area (TPSA) is 66.9 Å². The maximum absolute atomic E-state index is 13.0. The normalized spacial score (nSPS) is 17.8. The van der Waals surface area contributed by atoms with Gasteiger partial charge in [-0.1, -0.05) is 24.3 Å². The number of carbonyl (C=O) groups excluding carboxylic acids is 1. The quantitative estimate of drug-likeness (QED) is 0.606. The van der Waals surface area contributed by atoms with E-state index in [1.165, 1.54) is 23.3 Å². The Kier molecular flexibility index (Phi) is 6.54. The Hall–Kier alpha value is -2.75. The number of methoxy groups -OCH3 is 1. The van der Waals surface area contributed by atoms with Crippen LogP contribution in [0, 0.1) is 0 Å². The van der Waals surface area contributed by atoms with Gasteiger partial charge in [0, 0.05) is 26.1 Å². The Bertz CT molecular complexity index is 1200. The molecule has 0 fully saturated rings. The molecular weight excluding hydrogens is 469 g/mol. The zero-order valence-electron chi connectivity index (χ0n) is 19.1. The molecule has 10 heteroatoms. The van der Waals surface area contributed by atoms with Gasteiger partial charge in [-0.05, 0) is 60.1 Å². The summed E-state index contributed by atoms with van der Waals surface area (Å²) < 4.78 is 68.4. The monoisotopic (exact) mass is 496 g/mol. The number of sulfonamides is 1. The number of hydrogen-bond donors (Lipinski definition) is 0. The van der Waals surface area contributed by atoms with Crippen molar-refractivity contribution < 1.29 is 31.1 Å². The maximum atomic E-state index is 13.0. The lowest BCUT2D eigenvalue weighted by molar-refractivity contribution is -0.129. The second-order valence-electron chi connectivity index (χ2n) is 8.80. The highest BCUT2D eigenvalue weighted by Gasteiger charge is 2.51. The Morgan fingerprint density at radius 2 is 1.97 bits per heavy atom. The number of carbonyl (C=O) groups is 1. The molecule has 1 atom stereocenters. The van der Waals surface area contributed by atoms with Gasteiger partial charge < -0.3 is 9.64 Å². The third-order valence-corrected chi connectivity index (χ3v) is 8.21. The molecule has 1 aliphatic heterocycles. The molecule has 0 spiro atoms. The molecule has 0 N–H and O–H groups in total. The first kappa shape index (κ1) is 24.4. The lowest BCUT2D eigenvalue weighted by atomic mass is 9.82. The van der Waals surface area contributed by atoms with Crippen LogP contribution in [0.15, 0.2) is 36.4 Å². The zero-order valence-corrected chi connectivity index (χ0v) is 19.9. The highest BCUT2D eigenvalue weighted by atomic mass is 32.2. The third kappa shape index (κ3) is 4.47. The van der Waals surface area contributed by atoms with Crippen LogP contribution in [0.5, 0.6) is 5.75 Å². The highest BCUT2D eigenvalue weighted by molar-refractivity contribution is 7.93. The molecule has 0 bridgehead atoms. The van der Waals surface area contributed by atoms with Crippen molar-refractivity contribution in [1.29, 1.82) is 0 Å². The first-order valence-corrected chi connectivity index (χ1v) is 12.6. The van der Waals surface area contributed by atoms with E-state index in [1.807, 2.05) is 12.1 Å². The second kappa shape index (κ2) is 9.13. The number of likely N-dealkylation sites (N-methyl/N-ethyl adjacent to an activating group) is 1. The molecule has 2 aromatic rings. The number of fused-ring (bicyclic) bond motifs is 2. The standard InChI is InChI=1S/C24H27F3N2O4S/c1-28(15-18-5-3-7-20-19(18)6-4-8-22(20)33-2)23(30)14-16-9-10-21-17(13-16)11-12-29(21)34(31,32)24(25,26)27/h4,6,8-10,13,18H,3,5,7,11-12,14-15H2,1-2H3/t18-/m0/s1. The molecule has 0 saturated carbocycles. The van der Waals surface area contributed by atoms with Crippen LogP contribution in [0.4, 0.5) is 18.9 Å². The Balaban J connectivity index is 1.45. The molecule has 0 aromatic heterocycles. The minimum atomic E-state index is -5.44. The van der Waals surface area contributed by atoms with Gasteiger partial charge in [-0.15, -0.1) is 0 Å². The van der Waals surface area contributed by atoms with Gasteiger partial charge in [0.05, 0.1) is 19.2 Å². The van der Waals surface area contributed by atoms with Crippen LogP contribution in [0.25, 0.3) is 0 Å². The number of alkyl halides is 3. The van der Waals surface area contributed by atoms with Crippen molar-refractivity contribution in [2.75, 3.05) is 31.6 Å². The van der Waals surface area contributed by atoms with Gasteiger partial charge >= 0.3 is 15.5 Å². The van der Waals surface area contributed by atoms with Gasteiger partial charge in [0.15, 0.2) is 0 Å². The van der Waals surface area contributed by atoms with Gasteiger partial charge in [0.25, 0.3) is 0 Å². The summed E-state index contributed by atoms with van der Waals surface area (Å²) in [6.45, 7) is 0.292. The number of halogens is 3. The van der Waals surface area contributed by atoms with Crippen LogP contribution in [0.3, 0.4) is 0 Å². The molecule has 0 unspecified atom stereocenters. The van der Waals surface area contributed by atoms with Gasteiger partial charge in [0.2, 0.25) is 5.91 Å². The van der Waals surface area contributed by atoms with Crippen LogP contribution in [0.1, 0.15) is 41.0 Å². The van der Waals surface area contributed by atoms with Crippen LogP contribution >= 0.6 is 0 Å². The fourth-order valence-electron chi connectivity index (χ4n) is 4.95. The summed E-state index contributed by atoms with van der Waals surface area (Å²) in [5.74, 6) is 0.970. The van der Waals surface area contributed by atoms with E-state index in [0.717, 1.165) is 25.0 Å². The van der Waals surface area contributed by atoms with Crippen molar-refractivity contribution in [2.24, 2.45) is 0 Å². The van der Waals surface area contributed by atoms with Gasteiger partial charge in [-0.2, -0.15) is 21.6 Å². The number of benzene rings is 2. The lowest BCUT2D eigenvalue weighted by Gasteiger charge is -2.30. The highest BCUT2D eigenvalue weighted by Crippen LogP contribution is 2.38. The molecule has 34 heavy (non-hydrogen) atoms. The smallest absolute Gasteiger partial charge is 0.496 e. The molecule has 2 aliphatic rings. The Morgan fingerprint density at radius 1 is 1.21 bits per heavy atom. The number of hydrogen-bond acceptors (Lipinski definition) is 4. The predicted molar refractivity (Wildman–Crippen MR) is 122 cm³/mol. The maximum Gasteiger partial charge on any atom is 0.516 e. The molecule has 2 aromatic carbocycles. The van der Waals surface area contributed by atoms with Crippen LogP contribution < -0.4 is 9.04 Å². The van der Waals surface area contributed by atoms with E-state index >= 15 is 0 Å². The number of amides is 1. The molecule has 0 saturated heterocycles. The van der Waals surface area contributed by atoms with Crippen LogP contribution in [-0.4, -0.2) is 52.0 Å². The fraction of sp³-hybridized carbons (Fsp3) is 0.458. The molecule has 1 aliphatic carbocycles. The minimum Gasteiger partial charge on any atom is -0.496 e. The number of anilines is 1. The van der Waals surface area contributed by atoms with E-state index in [1.54, 1.807) is 25.1 Å². The predicted octanol–water partition coefficient (Wildman–Crippen LogP) is 4.03. The van der Waals surface area contributed by atoms with E-state index in [0.29, 0.717) is 22.0 Å². The molecule has 1 amide bonds. The fourth-order valence-corrected chi connectivity index (χ4v) is 5.96. The molecule has 0 radical (unpaired) electrons. The first-order chi connectivity index (χ1) is 16.0. The van der Waals surface area contributed by atoms with E-state index in [9.17, 15) is 26.4 Å². The summed E-state index contributed by atoms with van der Waals surface area (Å²) in [6.07, 6.45) is 3.20. The Morgan fingerprint density at radius 3 is 2.68 bits per heavy atom. The average molecular weight is 497 g/mol. The second-order valence-corrected chi connectivity index (χ2v) is 10.7. The summed E-state index contributed by atoms with van der Waals surface area (Å²) in [7, 11) is -2.03. The Labute approximate surface area is 197 Å². The lowest BCUT2D eigenvalue weighted by Crippen LogP contribution is -2.39. The van der Waals surface area contributed by atoms with Gasteiger partial charge in [-0.3, -0.25) is 9.10 Å². The number of nitrogens with zero attached hydrogens (tertiary/aromatic N) is 2. The summed E-state index contributed by atoms with van der Waals surface area (Å²) in [6, 6.07) is 10.5. The van der Waals surface area contributed by atoms with E-state index < -0.39 is 15.5 Å². The van der Waals surface area contributed by atoms with E-state index in [2.05, 4.69) is 6.07 Å². The zero-order chi connectivity index (χ0) is 24.7. The average Bonchev–Trinajstić information content (AvgIpc) is 3.22. The number of rotatable bonds is 6. The van der Waals surface area contributed by atoms with Gasteiger partial charge in [-0.25, -0.2) is 0 Å².